The maximum atomic E-state index is 10.9. The summed E-state index contributed by atoms with van der Waals surface area (Å²) in [5, 5.41) is 0. The van der Waals surface area contributed by atoms with Gasteiger partial charge in [-0.05, 0) is 26.0 Å². The van der Waals surface area contributed by atoms with E-state index in [0.717, 1.165) is 17.6 Å². The molecular formula is C11H17NO3S. The summed E-state index contributed by atoms with van der Waals surface area (Å²) in [5.74, 6) is 0.744. The van der Waals surface area contributed by atoms with Crippen molar-refractivity contribution in [1.29, 1.82) is 0 Å². The molecule has 0 unspecified atom stereocenters. The van der Waals surface area contributed by atoms with Crippen molar-refractivity contribution in [2.24, 2.45) is 0 Å². The molecule has 16 heavy (non-hydrogen) atoms. The van der Waals surface area contributed by atoms with Crippen LogP contribution in [0.25, 0.3) is 0 Å². The predicted octanol–water partition coefficient (Wildman–Crippen LogP) is 1.31. The van der Waals surface area contributed by atoms with Gasteiger partial charge in [0.1, 0.15) is 11.9 Å². The van der Waals surface area contributed by atoms with Crippen molar-refractivity contribution in [3.05, 3.63) is 29.8 Å². The lowest BCUT2D eigenvalue weighted by atomic mass is 10.2. The summed E-state index contributed by atoms with van der Waals surface area (Å²) < 4.78 is 29.7. The van der Waals surface area contributed by atoms with Crippen LogP contribution in [0.3, 0.4) is 0 Å². The zero-order valence-corrected chi connectivity index (χ0v) is 10.5. The second-order valence-electron chi connectivity index (χ2n) is 3.86. The molecule has 1 atom stereocenters. The molecule has 0 spiro atoms. The van der Waals surface area contributed by atoms with Crippen molar-refractivity contribution < 1.29 is 13.2 Å². The van der Waals surface area contributed by atoms with Crippen molar-refractivity contribution in [2.45, 2.75) is 20.0 Å². The van der Waals surface area contributed by atoms with E-state index in [1.54, 1.807) is 0 Å². The predicted molar refractivity (Wildman–Crippen MR) is 64.1 cm³/mol. The van der Waals surface area contributed by atoms with Gasteiger partial charge in [0.2, 0.25) is 10.0 Å². The van der Waals surface area contributed by atoms with Crippen LogP contribution in [0.4, 0.5) is 0 Å². The molecule has 0 bridgehead atoms. The van der Waals surface area contributed by atoms with E-state index in [-0.39, 0.29) is 12.6 Å². The molecule has 0 aromatic heterocycles. The Labute approximate surface area is 96.7 Å². The smallest absolute Gasteiger partial charge is 0.208 e. The fraction of sp³-hybridized carbons (Fsp3) is 0.455. The highest BCUT2D eigenvalue weighted by molar-refractivity contribution is 7.88. The summed E-state index contributed by atoms with van der Waals surface area (Å²) >= 11 is 0. The fourth-order valence-corrected chi connectivity index (χ4v) is 1.70. The number of aryl methyl sites for hydroxylation is 1. The van der Waals surface area contributed by atoms with Gasteiger partial charge in [-0.15, -0.1) is 0 Å². The Morgan fingerprint density at radius 1 is 1.31 bits per heavy atom. The van der Waals surface area contributed by atoms with Crippen LogP contribution in [0.1, 0.15) is 12.5 Å². The standard InChI is InChI=1S/C11H17NO3S/c1-9-4-6-11(7-5-9)15-10(2)8-12-16(3,13)14/h4-7,10,12H,8H2,1-3H3/t10-/m0/s1. The average molecular weight is 243 g/mol. The van der Waals surface area contributed by atoms with E-state index < -0.39 is 10.0 Å². The highest BCUT2D eigenvalue weighted by Gasteiger charge is 2.07. The molecule has 0 saturated carbocycles. The third kappa shape index (κ3) is 5.14. The first-order chi connectivity index (χ1) is 7.37. The average Bonchev–Trinajstić information content (AvgIpc) is 2.18. The first-order valence-electron chi connectivity index (χ1n) is 5.05. The van der Waals surface area contributed by atoms with Gasteiger partial charge in [0, 0.05) is 6.54 Å². The van der Waals surface area contributed by atoms with Crippen LogP contribution in [0, 0.1) is 6.92 Å². The third-order valence-electron chi connectivity index (χ3n) is 1.99. The molecule has 0 aliphatic heterocycles. The van der Waals surface area contributed by atoms with Gasteiger partial charge in [0.25, 0.3) is 0 Å². The highest BCUT2D eigenvalue weighted by atomic mass is 32.2. The molecule has 90 valence electrons. The van der Waals surface area contributed by atoms with Gasteiger partial charge >= 0.3 is 0 Å². The lowest BCUT2D eigenvalue weighted by Crippen LogP contribution is -2.32. The SMILES string of the molecule is Cc1ccc(O[C@@H](C)CNS(C)(=O)=O)cc1. The number of hydrogen-bond donors (Lipinski definition) is 1. The van der Waals surface area contributed by atoms with E-state index in [4.69, 9.17) is 4.74 Å². The molecule has 1 aromatic carbocycles. The van der Waals surface area contributed by atoms with Crippen LogP contribution >= 0.6 is 0 Å². The molecule has 1 aromatic rings. The number of rotatable bonds is 5. The maximum Gasteiger partial charge on any atom is 0.208 e. The summed E-state index contributed by atoms with van der Waals surface area (Å²) in [6, 6.07) is 7.64. The lowest BCUT2D eigenvalue weighted by Gasteiger charge is -2.14. The minimum atomic E-state index is -3.15. The molecule has 1 N–H and O–H groups in total. The van der Waals surface area contributed by atoms with Crippen molar-refractivity contribution >= 4 is 10.0 Å². The van der Waals surface area contributed by atoms with E-state index in [1.165, 1.54) is 0 Å². The van der Waals surface area contributed by atoms with E-state index in [0.29, 0.717) is 0 Å². The van der Waals surface area contributed by atoms with Crippen molar-refractivity contribution in [1.82, 2.24) is 4.72 Å². The minimum absolute atomic E-state index is 0.197. The first-order valence-corrected chi connectivity index (χ1v) is 6.94. The van der Waals surface area contributed by atoms with Crippen LogP contribution in [-0.4, -0.2) is 27.3 Å². The van der Waals surface area contributed by atoms with Crippen molar-refractivity contribution in [3.63, 3.8) is 0 Å². The summed E-state index contributed by atoms with van der Waals surface area (Å²) in [4.78, 5) is 0. The Balaban J connectivity index is 2.45. The molecule has 0 aliphatic carbocycles. The second kappa shape index (κ2) is 5.32. The van der Waals surface area contributed by atoms with Crippen LogP contribution in [0.5, 0.6) is 5.75 Å². The Bertz CT molecular complexity index is 425. The molecule has 0 saturated heterocycles. The Kier molecular flexibility index (Phi) is 4.32. The van der Waals surface area contributed by atoms with Gasteiger partial charge in [0.05, 0.1) is 6.26 Å². The number of nitrogens with one attached hydrogen (secondary N) is 1. The largest absolute Gasteiger partial charge is 0.489 e. The lowest BCUT2D eigenvalue weighted by molar-refractivity contribution is 0.225. The highest BCUT2D eigenvalue weighted by Crippen LogP contribution is 2.12. The zero-order chi connectivity index (χ0) is 12.2. The monoisotopic (exact) mass is 243 g/mol. The maximum absolute atomic E-state index is 10.9. The Hall–Kier alpha value is -1.07. The Morgan fingerprint density at radius 3 is 2.38 bits per heavy atom. The summed E-state index contributed by atoms with van der Waals surface area (Å²) in [6.07, 6.45) is 0.934. The number of sulfonamides is 1. The third-order valence-corrected chi connectivity index (χ3v) is 2.68. The van der Waals surface area contributed by atoms with Crippen molar-refractivity contribution in [2.75, 3.05) is 12.8 Å². The molecule has 5 heteroatoms. The van der Waals surface area contributed by atoms with Gasteiger partial charge in [-0.25, -0.2) is 13.1 Å². The number of benzene rings is 1. The molecular weight excluding hydrogens is 226 g/mol. The molecule has 0 fully saturated rings. The fourth-order valence-electron chi connectivity index (χ4n) is 1.16. The molecule has 0 amide bonds. The van der Waals surface area contributed by atoms with E-state index in [1.807, 2.05) is 38.1 Å². The molecule has 0 aliphatic rings. The van der Waals surface area contributed by atoms with Crippen LogP contribution in [0.2, 0.25) is 0 Å². The molecule has 0 radical (unpaired) electrons. The summed E-state index contributed by atoms with van der Waals surface area (Å²) in [7, 11) is -3.15. The minimum Gasteiger partial charge on any atom is -0.489 e. The second-order valence-corrected chi connectivity index (χ2v) is 5.70. The van der Waals surface area contributed by atoms with Gasteiger partial charge < -0.3 is 4.74 Å². The van der Waals surface area contributed by atoms with Gasteiger partial charge in [-0.3, -0.25) is 0 Å². The van der Waals surface area contributed by atoms with Crippen LogP contribution in [0.15, 0.2) is 24.3 Å². The van der Waals surface area contributed by atoms with Crippen molar-refractivity contribution in [3.8, 4) is 5.75 Å². The van der Waals surface area contributed by atoms with Gasteiger partial charge in [-0.1, -0.05) is 17.7 Å². The van der Waals surface area contributed by atoms with Crippen LogP contribution in [-0.2, 0) is 10.0 Å². The molecule has 0 heterocycles. The van der Waals surface area contributed by atoms with Crippen LogP contribution < -0.4 is 9.46 Å². The van der Waals surface area contributed by atoms with Gasteiger partial charge in [-0.2, -0.15) is 0 Å². The zero-order valence-electron chi connectivity index (χ0n) is 9.73. The number of ether oxygens (including phenoxy) is 1. The van der Waals surface area contributed by atoms with Gasteiger partial charge in [0.15, 0.2) is 0 Å². The normalized spacial score (nSPS) is 13.4. The summed E-state index contributed by atoms with van der Waals surface area (Å²) in [5.41, 5.74) is 1.16. The topological polar surface area (TPSA) is 55.4 Å². The number of hydrogen-bond acceptors (Lipinski definition) is 3. The summed E-state index contributed by atoms with van der Waals surface area (Å²) in [6.45, 7) is 4.09. The Morgan fingerprint density at radius 2 is 1.88 bits per heavy atom. The quantitative estimate of drug-likeness (QED) is 0.848. The molecule has 1 rings (SSSR count). The molecule has 4 nitrogen and oxygen atoms in total. The van der Waals surface area contributed by atoms with E-state index in [9.17, 15) is 8.42 Å². The first kappa shape index (κ1) is 13.0. The van der Waals surface area contributed by atoms with E-state index >= 15 is 0 Å². The van der Waals surface area contributed by atoms with E-state index in [2.05, 4.69) is 4.72 Å².